The van der Waals surface area contributed by atoms with Crippen molar-refractivity contribution in [3.8, 4) is 5.75 Å². The number of aromatic nitrogens is 2. The van der Waals surface area contributed by atoms with Crippen molar-refractivity contribution in [1.29, 1.82) is 0 Å². The van der Waals surface area contributed by atoms with Gasteiger partial charge in [0.05, 0.1) is 15.7 Å². The van der Waals surface area contributed by atoms with Crippen LogP contribution >= 0.6 is 34.8 Å². The van der Waals surface area contributed by atoms with Crippen LogP contribution in [0.3, 0.4) is 0 Å². The number of halogens is 3. The topological polar surface area (TPSA) is 49.1 Å². The molecule has 1 unspecified atom stereocenters. The average molecular weight is 351 g/mol. The molecule has 0 bridgehead atoms. The van der Waals surface area contributed by atoms with Crippen LogP contribution < -0.4 is 9.42 Å². The highest BCUT2D eigenvalue weighted by Crippen LogP contribution is 2.35. The first-order valence-electron chi connectivity index (χ1n) is 6.38. The normalized spacial score (nSPS) is 12.5. The summed E-state index contributed by atoms with van der Waals surface area (Å²) in [5, 5.41) is 14.3. The second kappa shape index (κ2) is 6.88. The zero-order valence-electron chi connectivity index (χ0n) is 11.7. The molecule has 1 atom stereocenters. The Morgan fingerprint density at radius 2 is 1.81 bits per heavy atom. The number of hydrogen-bond donors (Lipinski definition) is 2. The second-order valence-electron chi connectivity index (χ2n) is 4.85. The molecule has 0 saturated heterocycles. The fourth-order valence-electron chi connectivity index (χ4n) is 2.02. The molecule has 1 aromatic heterocycles. The van der Waals surface area contributed by atoms with Gasteiger partial charge in [-0.3, -0.25) is 0 Å². The van der Waals surface area contributed by atoms with E-state index in [2.05, 4.69) is 5.10 Å². The number of H-pyrrole nitrogens is 1. The molecule has 0 amide bonds. The number of nitrogens with one attached hydrogen (secondary N) is 1. The van der Waals surface area contributed by atoms with Crippen LogP contribution in [0.25, 0.3) is 0 Å². The van der Waals surface area contributed by atoms with Gasteiger partial charge < -0.3 is 9.84 Å². The van der Waals surface area contributed by atoms with E-state index in [1.807, 2.05) is 24.6 Å². The summed E-state index contributed by atoms with van der Waals surface area (Å²) < 4.78 is 7.36. The van der Waals surface area contributed by atoms with Gasteiger partial charge in [-0.05, 0) is 19.1 Å². The minimum Gasteiger partial charge on any atom is -0.487 e. The molecule has 21 heavy (non-hydrogen) atoms. The molecule has 0 spiro atoms. The van der Waals surface area contributed by atoms with Gasteiger partial charge in [0.1, 0.15) is 12.7 Å². The number of aryl methyl sites for hydroxylation is 2. The fraction of sp³-hybridized carbons (Fsp3) is 0.357. The molecule has 2 N–H and O–H groups in total. The number of ether oxygens (including phenoxy) is 1. The molecular formula is C14H16Cl3N2O2+. The number of benzene rings is 1. The number of aliphatic hydroxyl groups excluding tert-OH is 1. The Bertz CT molecular complexity index is 620. The fourth-order valence-corrected chi connectivity index (χ4v) is 2.95. The Morgan fingerprint density at radius 1 is 1.19 bits per heavy atom. The quantitative estimate of drug-likeness (QED) is 0.813. The minimum absolute atomic E-state index is 0.0750. The molecule has 114 valence electrons. The van der Waals surface area contributed by atoms with Crippen LogP contribution in [0.2, 0.25) is 15.1 Å². The Labute approximate surface area is 138 Å². The van der Waals surface area contributed by atoms with Crippen molar-refractivity contribution in [3.63, 3.8) is 0 Å². The Hall–Kier alpha value is -0.940. The summed E-state index contributed by atoms with van der Waals surface area (Å²) in [6, 6.07) is 5.09. The van der Waals surface area contributed by atoms with Crippen LogP contribution in [0, 0.1) is 13.8 Å². The SMILES string of the molecule is Cc1cc(C)[n+](CC(O)COc2c(Cl)cc(Cl)cc2Cl)[nH]1. The molecule has 0 saturated carbocycles. The van der Waals surface area contributed by atoms with E-state index < -0.39 is 6.10 Å². The molecule has 0 aliphatic heterocycles. The maximum Gasteiger partial charge on any atom is 0.205 e. The minimum atomic E-state index is -0.699. The Morgan fingerprint density at radius 3 is 2.33 bits per heavy atom. The molecular weight excluding hydrogens is 335 g/mol. The highest BCUT2D eigenvalue weighted by molar-refractivity contribution is 6.40. The third-order valence-corrected chi connectivity index (χ3v) is 3.72. The maximum absolute atomic E-state index is 10.1. The van der Waals surface area contributed by atoms with Crippen LogP contribution in [0.4, 0.5) is 0 Å². The van der Waals surface area contributed by atoms with Crippen LogP contribution in [-0.2, 0) is 6.54 Å². The van der Waals surface area contributed by atoms with Crippen molar-refractivity contribution in [2.75, 3.05) is 6.61 Å². The lowest BCUT2D eigenvalue weighted by Crippen LogP contribution is -2.45. The number of nitrogens with zero attached hydrogens (tertiary/aromatic N) is 1. The lowest BCUT2D eigenvalue weighted by molar-refractivity contribution is -0.761. The molecule has 4 nitrogen and oxygen atoms in total. The molecule has 0 aliphatic carbocycles. The molecule has 0 radical (unpaired) electrons. The molecule has 2 aromatic rings. The van der Waals surface area contributed by atoms with Crippen molar-refractivity contribution in [2.45, 2.75) is 26.5 Å². The van der Waals surface area contributed by atoms with E-state index in [-0.39, 0.29) is 6.61 Å². The smallest absolute Gasteiger partial charge is 0.205 e. The second-order valence-corrected chi connectivity index (χ2v) is 6.11. The van der Waals surface area contributed by atoms with E-state index in [0.29, 0.717) is 27.4 Å². The van der Waals surface area contributed by atoms with Crippen LogP contribution in [-0.4, -0.2) is 22.9 Å². The number of rotatable bonds is 5. The first-order chi connectivity index (χ1) is 9.86. The van der Waals surface area contributed by atoms with Gasteiger partial charge in [-0.25, -0.2) is 0 Å². The van der Waals surface area contributed by atoms with E-state index >= 15 is 0 Å². The predicted molar refractivity (Wildman–Crippen MR) is 83.4 cm³/mol. The lowest BCUT2D eigenvalue weighted by atomic mass is 10.3. The standard InChI is InChI=1S/C14H15Cl3N2O2/c1-8-3-9(2)19(18-8)6-11(20)7-21-14-12(16)4-10(15)5-13(14)17/h3-5,11,20H,6-7H2,1-2H3/p+1. The predicted octanol–water partition coefficient (Wildman–Crippen LogP) is 3.32. The van der Waals surface area contributed by atoms with Crippen molar-refractivity contribution < 1.29 is 14.5 Å². The van der Waals surface area contributed by atoms with E-state index in [0.717, 1.165) is 11.4 Å². The van der Waals surface area contributed by atoms with Gasteiger partial charge >= 0.3 is 0 Å². The first-order valence-corrected chi connectivity index (χ1v) is 7.51. The van der Waals surface area contributed by atoms with Gasteiger partial charge in [-0.2, -0.15) is 5.10 Å². The summed E-state index contributed by atoms with van der Waals surface area (Å²) in [6.07, 6.45) is -0.699. The lowest BCUT2D eigenvalue weighted by Gasteiger charge is -2.12. The molecule has 7 heteroatoms. The molecule has 0 aliphatic rings. The average Bonchev–Trinajstić information content (AvgIpc) is 2.66. The van der Waals surface area contributed by atoms with Gasteiger partial charge in [0.2, 0.25) is 12.2 Å². The number of aromatic amines is 1. The van der Waals surface area contributed by atoms with Crippen LogP contribution in [0.15, 0.2) is 18.2 Å². The number of aliphatic hydroxyl groups is 1. The van der Waals surface area contributed by atoms with Crippen molar-refractivity contribution >= 4 is 34.8 Å². The van der Waals surface area contributed by atoms with E-state index in [1.165, 1.54) is 0 Å². The Balaban J connectivity index is 1.98. The summed E-state index contributed by atoms with van der Waals surface area (Å²) in [6.45, 7) is 4.39. The molecule has 0 fully saturated rings. The van der Waals surface area contributed by atoms with Crippen molar-refractivity contribution in [2.24, 2.45) is 0 Å². The highest BCUT2D eigenvalue weighted by Gasteiger charge is 2.18. The third kappa shape index (κ3) is 4.27. The summed E-state index contributed by atoms with van der Waals surface area (Å²) >= 11 is 17.9. The van der Waals surface area contributed by atoms with E-state index in [1.54, 1.807) is 12.1 Å². The zero-order valence-corrected chi connectivity index (χ0v) is 13.9. The van der Waals surface area contributed by atoms with Gasteiger partial charge in [-0.15, -0.1) is 4.68 Å². The highest BCUT2D eigenvalue weighted by atomic mass is 35.5. The largest absolute Gasteiger partial charge is 0.487 e. The van der Waals surface area contributed by atoms with Gasteiger partial charge in [-0.1, -0.05) is 34.8 Å². The van der Waals surface area contributed by atoms with Gasteiger partial charge in [0, 0.05) is 18.0 Å². The summed E-state index contributed by atoms with van der Waals surface area (Å²) in [7, 11) is 0. The number of hydrogen-bond acceptors (Lipinski definition) is 2. The van der Waals surface area contributed by atoms with Crippen LogP contribution in [0.1, 0.15) is 11.4 Å². The van der Waals surface area contributed by atoms with Crippen LogP contribution in [0.5, 0.6) is 5.75 Å². The van der Waals surface area contributed by atoms with E-state index in [9.17, 15) is 5.11 Å². The monoisotopic (exact) mass is 349 g/mol. The summed E-state index contributed by atoms with van der Waals surface area (Å²) in [5.74, 6) is 0.325. The third-order valence-electron chi connectivity index (χ3n) is 2.94. The summed E-state index contributed by atoms with van der Waals surface area (Å²) in [4.78, 5) is 0. The zero-order chi connectivity index (χ0) is 15.6. The van der Waals surface area contributed by atoms with Crippen molar-refractivity contribution in [1.82, 2.24) is 5.10 Å². The molecule has 1 heterocycles. The van der Waals surface area contributed by atoms with Crippen molar-refractivity contribution in [3.05, 3.63) is 44.7 Å². The first kappa shape index (κ1) is 16.4. The molecule has 2 rings (SSSR count). The molecule has 1 aromatic carbocycles. The van der Waals surface area contributed by atoms with E-state index in [4.69, 9.17) is 39.5 Å². The Kier molecular flexibility index (Phi) is 5.38. The maximum atomic E-state index is 10.1. The van der Waals surface area contributed by atoms with Gasteiger partial charge in [0.25, 0.3) is 0 Å². The van der Waals surface area contributed by atoms with Gasteiger partial charge in [0.15, 0.2) is 5.75 Å². The summed E-state index contributed by atoms with van der Waals surface area (Å²) in [5.41, 5.74) is 2.07.